The molecule has 0 N–H and O–H groups in total. The highest BCUT2D eigenvalue weighted by Crippen LogP contribution is 2.29. The standard InChI is InChI=1S/C33H19N5O/c39-32-25-15-12-23(18-28(25)37-33-34-19-24-8-4-5-9-29(24)38(32)33)27-17-14-22-11-10-21-13-16-26(20-6-2-1-3-7-20)35-30(21)31(22)36-27/h1-19H. The summed E-state index contributed by atoms with van der Waals surface area (Å²) >= 11 is 0. The van der Waals surface area contributed by atoms with E-state index >= 15 is 0 Å². The predicted octanol–water partition coefficient (Wildman–Crippen LogP) is 6.83. The molecule has 0 saturated heterocycles. The average molecular weight is 502 g/mol. The monoisotopic (exact) mass is 501 g/mol. The summed E-state index contributed by atoms with van der Waals surface area (Å²) in [6.07, 6.45) is 1.75. The van der Waals surface area contributed by atoms with Gasteiger partial charge in [-0.05, 0) is 30.3 Å². The highest BCUT2D eigenvalue weighted by molar-refractivity contribution is 6.04. The summed E-state index contributed by atoms with van der Waals surface area (Å²) in [5.74, 6) is 0.374. The number of benzene rings is 4. The SMILES string of the molecule is O=c1c2ccc(-c3ccc4ccc5ccc(-c6ccccc6)nc5c4n3)cc2nc2ncc3ccccc3n12. The zero-order chi connectivity index (χ0) is 25.9. The van der Waals surface area contributed by atoms with Gasteiger partial charge in [-0.25, -0.2) is 24.3 Å². The summed E-state index contributed by atoms with van der Waals surface area (Å²) in [6.45, 7) is 0. The Morgan fingerprint density at radius 3 is 2.00 bits per heavy atom. The van der Waals surface area contributed by atoms with Gasteiger partial charge in [0.1, 0.15) is 0 Å². The molecule has 4 heterocycles. The Bertz CT molecular complexity index is 2310. The Balaban J connectivity index is 1.32. The molecular formula is C33H19N5O. The summed E-state index contributed by atoms with van der Waals surface area (Å²) in [6, 6.07) is 35.9. The molecule has 0 unspecified atom stereocenters. The summed E-state index contributed by atoms with van der Waals surface area (Å²) in [4.78, 5) is 32.7. The van der Waals surface area contributed by atoms with Gasteiger partial charge in [-0.15, -0.1) is 0 Å². The fraction of sp³-hybridized carbons (Fsp3) is 0. The molecule has 0 radical (unpaired) electrons. The van der Waals surface area contributed by atoms with E-state index in [4.69, 9.17) is 15.0 Å². The number of rotatable bonds is 2. The van der Waals surface area contributed by atoms with Crippen molar-refractivity contribution in [1.29, 1.82) is 0 Å². The summed E-state index contributed by atoms with van der Waals surface area (Å²) in [5, 5.41) is 3.48. The van der Waals surface area contributed by atoms with Crippen molar-refractivity contribution in [2.24, 2.45) is 0 Å². The minimum atomic E-state index is -0.138. The molecule has 4 aromatic heterocycles. The summed E-state index contributed by atoms with van der Waals surface area (Å²) in [7, 11) is 0. The van der Waals surface area contributed by atoms with Gasteiger partial charge in [-0.1, -0.05) is 78.9 Å². The zero-order valence-electron chi connectivity index (χ0n) is 20.6. The van der Waals surface area contributed by atoms with E-state index in [9.17, 15) is 4.79 Å². The summed E-state index contributed by atoms with van der Waals surface area (Å²) < 4.78 is 1.58. The topological polar surface area (TPSA) is 73.0 Å². The molecular weight excluding hydrogens is 482 g/mol. The first-order chi connectivity index (χ1) is 19.2. The maximum absolute atomic E-state index is 13.5. The van der Waals surface area contributed by atoms with Crippen molar-refractivity contribution in [2.45, 2.75) is 0 Å². The van der Waals surface area contributed by atoms with Gasteiger partial charge in [0.05, 0.1) is 38.8 Å². The lowest BCUT2D eigenvalue weighted by Gasteiger charge is -2.09. The van der Waals surface area contributed by atoms with Gasteiger partial charge in [0, 0.05) is 33.5 Å². The van der Waals surface area contributed by atoms with Gasteiger partial charge < -0.3 is 0 Å². The molecule has 0 amide bonds. The van der Waals surface area contributed by atoms with E-state index in [1.165, 1.54) is 0 Å². The second-order valence-electron chi connectivity index (χ2n) is 9.57. The molecule has 0 aliphatic heterocycles. The Morgan fingerprint density at radius 1 is 0.564 bits per heavy atom. The van der Waals surface area contributed by atoms with Crippen molar-refractivity contribution in [3.8, 4) is 22.5 Å². The van der Waals surface area contributed by atoms with E-state index in [1.54, 1.807) is 10.6 Å². The molecule has 4 aromatic carbocycles. The maximum Gasteiger partial charge on any atom is 0.267 e. The largest absolute Gasteiger partial charge is 0.268 e. The van der Waals surface area contributed by atoms with Crippen LogP contribution < -0.4 is 5.56 Å². The first-order valence-electron chi connectivity index (χ1n) is 12.7. The van der Waals surface area contributed by atoms with E-state index in [0.717, 1.165) is 55.2 Å². The van der Waals surface area contributed by atoms with Crippen molar-refractivity contribution < 1.29 is 0 Å². The predicted molar refractivity (Wildman–Crippen MR) is 156 cm³/mol. The fourth-order valence-corrected chi connectivity index (χ4v) is 5.26. The molecule has 6 heteroatoms. The third-order valence-corrected chi connectivity index (χ3v) is 7.23. The smallest absolute Gasteiger partial charge is 0.267 e. The number of nitrogens with zero attached hydrogens (tertiary/aromatic N) is 5. The lowest BCUT2D eigenvalue weighted by atomic mass is 10.0. The van der Waals surface area contributed by atoms with Crippen LogP contribution in [0, 0.1) is 0 Å². The van der Waals surface area contributed by atoms with Crippen LogP contribution in [0.15, 0.2) is 120 Å². The second kappa shape index (κ2) is 8.26. The van der Waals surface area contributed by atoms with Crippen LogP contribution >= 0.6 is 0 Å². The Morgan fingerprint density at radius 2 is 1.23 bits per heavy atom. The van der Waals surface area contributed by atoms with Gasteiger partial charge in [-0.3, -0.25) is 4.79 Å². The maximum atomic E-state index is 13.5. The Kier molecular flexibility index (Phi) is 4.57. The van der Waals surface area contributed by atoms with Crippen LogP contribution in [-0.4, -0.2) is 24.3 Å². The van der Waals surface area contributed by atoms with Crippen molar-refractivity contribution in [3.63, 3.8) is 0 Å². The molecule has 182 valence electrons. The quantitative estimate of drug-likeness (QED) is 0.192. The van der Waals surface area contributed by atoms with Gasteiger partial charge >= 0.3 is 0 Å². The van der Waals surface area contributed by atoms with Gasteiger partial charge in [0.2, 0.25) is 5.78 Å². The molecule has 6 nitrogen and oxygen atoms in total. The number of hydrogen-bond acceptors (Lipinski definition) is 5. The van der Waals surface area contributed by atoms with Crippen molar-refractivity contribution in [1.82, 2.24) is 24.3 Å². The van der Waals surface area contributed by atoms with Crippen LogP contribution in [0.4, 0.5) is 0 Å². The van der Waals surface area contributed by atoms with E-state index in [-0.39, 0.29) is 5.56 Å². The average Bonchev–Trinajstić information content (AvgIpc) is 3.00. The fourth-order valence-electron chi connectivity index (χ4n) is 5.26. The number of para-hydroxylation sites is 1. The van der Waals surface area contributed by atoms with Gasteiger partial charge in [-0.2, -0.15) is 0 Å². The highest BCUT2D eigenvalue weighted by atomic mass is 16.1. The Labute approximate surface area is 221 Å². The van der Waals surface area contributed by atoms with E-state index < -0.39 is 0 Å². The van der Waals surface area contributed by atoms with Gasteiger partial charge in [0.15, 0.2) is 0 Å². The van der Waals surface area contributed by atoms with E-state index in [1.807, 2.05) is 72.8 Å². The molecule has 0 fully saturated rings. The van der Waals surface area contributed by atoms with Crippen molar-refractivity contribution in [3.05, 3.63) is 126 Å². The number of hydrogen-bond donors (Lipinski definition) is 0. The van der Waals surface area contributed by atoms with Crippen molar-refractivity contribution in [2.75, 3.05) is 0 Å². The molecule has 0 aliphatic carbocycles. The van der Waals surface area contributed by atoms with Crippen LogP contribution in [0.5, 0.6) is 0 Å². The highest BCUT2D eigenvalue weighted by Gasteiger charge is 2.13. The minimum absolute atomic E-state index is 0.138. The van der Waals surface area contributed by atoms with Crippen molar-refractivity contribution >= 4 is 49.4 Å². The number of fused-ring (bicyclic) bond motifs is 7. The lowest BCUT2D eigenvalue weighted by Crippen LogP contribution is -2.17. The van der Waals surface area contributed by atoms with Crippen LogP contribution in [0.2, 0.25) is 0 Å². The normalized spacial score (nSPS) is 11.7. The van der Waals surface area contributed by atoms with Crippen LogP contribution in [-0.2, 0) is 0 Å². The Hall–Kier alpha value is -5.49. The molecule has 0 aliphatic rings. The second-order valence-corrected chi connectivity index (χ2v) is 9.57. The molecule has 0 atom stereocenters. The summed E-state index contributed by atoms with van der Waals surface area (Å²) in [5.41, 5.74) is 6.56. The molecule has 39 heavy (non-hydrogen) atoms. The van der Waals surface area contributed by atoms with E-state index in [0.29, 0.717) is 16.7 Å². The van der Waals surface area contributed by atoms with E-state index in [2.05, 4.69) is 41.4 Å². The number of pyridine rings is 2. The molecule has 0 bridgehead atoms. The van der Waals surface area contributed by atoms with Crippen LogP contribution in [0.25, 0.3) is 71.9 Å². The molecule has 0 saturated carbocycles. The van der Waals surface area contributed by atoms with Crippen LogP contribution in [0.3, 0.4) is 0 Å². The molecule has 8 rings (SSSR count). The minimum Gasteiger partial charge on any atom is -0.268 e. The number of aromatic nitrogens is 5. The molecule has 8 aromatic rings. The molecule has 0 spiro atoms. The third-order valence-electron chi connectivity index (χ3n) is 7.23. The first kappa shape index (κ1) is 21.6. The third kappa shape index (κ3) is 3.39. The zero-order valence-corrected chi connectivity index (χ0v) is 20.6. The lowest BCUT2D eigenvalue weighted by molar-refractivity contribution is 1.07. The van der Waals surface area contributed by atoms with Crippen LogP contribution in [0.1, 0.15) is 0 Å². The first-order valence-corrected chi connectivity index (χ1v) is 12.7. The van der Waals surface area contributed by atoms with Gasteiger partial charge in [0.25, 0.3) is 5.56 Å².